The molecule has 1 aliphatic carbocycles. The first-order chi connectivity index (χ1) is 25.3. The monoisotopic (exact) mass is 720 g/mol. The van der Waals surface area contributed by atoms with E-state index in [-0.39, 0.29) is 16.2 Å². The van der Waals surface area contributed by atoms with Gasteiger partial charge >= 0.3 is 0 Å². The van der Waals surface area contributed by atoms with Crippen LogP contribution in [0.4, 0.5) is 0 Å². The van der Waals surface area contributed by atoms with Crippen LogP contribution in [0.2, 0.25) is 0 Å². The van der Waals surface area contributed by atoms with Crippen molar-refractivity contribution in [1.29, 1.82) is 0 Å². The molecule has 3 aromatic heterocycles. The predicted octanol–water partition coefficient (Wildman–Crippen LogP) is 13.7. The molecule has 5 heteroatoms. The van der Waals surface area contributed by atoms with Crippen molar-refractivity contribution >= 4 is 21.8 Å². The van der Waals surface area contributed by atoms with Gasteiger partial charge in [0.2, 0.25) is 0 Å². The summed E-state index contributed by atoms with van der Waals surface area (Å²) in [5.74, 6) is 3.75. The molecular weight excluding hydrogens is 661 g/mol. The van der Waals surface area contributed by atoms with Crippen molar-refractivity contribution in [2.75, 3.05) is 0 Å². The van der Waals surface area contributed by atoms with Crippen LogP contribution in [0, 0.1) is 30.6 Å². The Morgan fingerprint density at radius 1 is 0.759 bits per heavy atom. The average molecular weight is 721 g/mol. The Labute approximate surface area is 323 Å². The van der Waals surface area contributed by atoms with Gasteiger partial charge in [-0.1, -0.05) is 106 Å². The Bertz CT molecular complexity index is 2380. The van der Waals surface area contributed by atoms with Crippen molar-refractivity contribution in [2.45, 2.75) is 120 Å². The van der Waals surface area contributed by atoms with Gasteiger partial charge in [-0.05, 0) is 108 Å². The third-order valence-electron chi connectivity index (χ3n) is 11.8. The summed E-state index contributed by atoms with van der Waals surface area (Å²) >= 11 is 0. The van der Waals surface area contributed by atoms with E-state index in [0.29, 0.717) is 17.8 Å². The van der Waals surface area contributed by atoms with Gasteiger partial charge in [0.1, 0.15) is 17.3 Å². The molecule has 54 heavy (non-hydrogen) atoms. The van der Waals surface area contributed by atoms with Crippen LogP contribution in [0.25, 0.3) is 33.3 Å². The van der Waals surface area contributed by atoms with E-state index in [1.807, 2.05) is 6.20 Å². The minimum absolute atomic E-state index is 0.0722. The van der Waals surface area contributed by atoms with Crippen LogP contribution in [0.5, 0.6) is 11.5 Å². The number of hydrogen-bond acceptors (Lipinski definition) is 3. The second-order valence-corrected chi connectivity index (χ2v) is 19.1. The number of pyridine rings is 1. The van der Waals surface area contributed by atoms with Crippen LogP contribution >= 0.6 is 0 Å². The lowest BCUT2D eigenvalue weighted by Gasteiger charge is -2.45. The van der Waals surface area contributed by atoms with E-state index in [2.05, 4.69) is 178 Å². The molecule has 0 aliphatic heterocycles. The summed E-state index contributed by atoms with van der Waals surface area (Å²) in [7, 11) is 0. The standard InChI is InChI=1S/C49H60N4O/c1-30(2)33-23-24-50-44(25-33)52-42-20-15-14-17-38(42)39-22-21-36(29-43(39)52)54-37-27-34(47(5,6)7)26-35(28-37)53-32(4)45(31(3)51-53)46-40(48(8,9)10)18-16-19-41(46)49(11,12)13/h14-15,17-18,20-30,41,46H,16,19H2,1-13H3/t41?,46-/m0/s1. The molecule has 0 saturated heterocycles. The van der Waals surface area contributed by atoms with Gasteiger partial charge in [-0.15, -0.1) is 0 Å². The van der Waals surface area contributed by atoms with E-state index in [9.17, 15) is 0 Å². The van der Waals surface area contributed by atoms with Gasteiger partial charge in [0, 0.05) is 46.3 Å². The lowest BCUT2D eigenvalue weighted by Crippen LogP contribution is -2.34. The van der Waals surface area contributed by atoms with E-state index in [4.69, 9.17) is 14.8 Å². The molecule has 6 aromatic rings. The SMILES string of the molecule is Cc1nn(-c2cc(Oc3ccc4c5ccccc5n(-c5cc(C(C)C)ccn5)c4c3)cc(C(C)(C)C)c2)c(C)c1[C@H]1C(C(C)(C)C)=CCCC1C(C)(C)C. The van der Waals surface area contributed by atoms with Gasteiger partial charge in [-0.2, -0.15) is 5.10 Å². The Hall–Kier alpha value is -4.64. The molecule has 0 fully saturated rings. The van der Waals surface area contributed by atoms with Gasteiger partial charge in [0.05, 0.1) is 22.4 Å². The highest BCUT2D eigenvalue weighted by Crippen LogP contribution is 2.53. The van der Waals surface area contributed by atoms with Crippen molar-refractivity contribution in [2.24, 2.45) is 16.7 Å². The Kier molecular flexibility index (Phi) is 9.48. The van der Waals surface area contributed by atoms with E-state index < -0.39 is 0 Å². The number of ether oxygens (including phenoxy) is 1. The zero-order valence-corrected chi connectivity index (χ0v) is 34.9. The minimum Gasteiger partial charge on any atom is -0.457 e. The fourth-order valence-corrected chi connectivity index (χ4v) is 8.86. The number of aryl methyl sites for hydroxylation is 1. The molecule has 5 nitrogen and oxygen atoms in total. The van der Waals surface area contributed by atoms with Crippen LogP contribution in [0.1, 0.15) is 129 Å². The van der Waals surface area contributed by atoms with Gasteiger partial charge < -0.3 is 4.74 Å². The van der Waals surface area contributed by atoms with Gasteiger partial charge in [0.25, 0.3) is 0 Å². The second-order valence-electron chi connectivity index (χ2n) is 19.1. The topological polar surface area (TPSA) is 44.9 Å². The first kappa shape index (κ1) is 37.7. The number of nitrogens with zero attached hydrogens (tertiary/aromatic N) is 4. The molecule has 1 aliphatic rings. The van der Waals surface area contributed by atoms with Crippen molar-refractivity contribution in [3.05, 3.63) is 119 Å². The summed E-state index contributed by atoms with van der Waals surface area (Å²) < 4.78 is 11.3. The molecule has 0 saturated carbocycles. The summed E-state index contributed by atoms with van der Waals surface area (Å²) in [6, 6.07) is 26.0. The summed E-state index contributed by atoms with van der Waals surface area (Å²) in [6.07, 6.45) is 6.78. The van der Waals surface area contributed by atoms with Crippen molar-refractivity contribution in [3.63, 3.8) is 0 Å². The first-order valence-corrected chi connectivity index (χ1v) is 19.9. The molecule has 2 atom stereocenters. The Morgan fingerprint density at radius 3 is 2.17 bits per heavy atom. The molecule has 0 spiro atoms. The summed E-state index contributed by atoms with van der Waals surface area (Å²) in [6.45, 7) is 30.1. The number of hydrogen-bond donors (Lipinski definition) is 0. The number of rotatable bonds is 6. The van der Waals surface area contributed by atoms with Crippen molar-refractivity contribution in [1.82, 2.24) is 19.3 Å². The molecule has 3 heterocycles. The van der Waals surface area contributed by atoms with E-state index in [1.165, 1.54) is 39.6 Å². The lowest BCUT2D eigenvalue weighted by molar-refractivity contribution is 0.180. The van der Waals surface area contributed by atoms with Crippen LogP contribution in [0.15, 0.2) is 90.6 Å². The molecule has 7 rings (SSSR count). The molecule has 0 amide bonds. The molecule has 3 aromatic carbocycles. The van der Waals surface area contributed by atoms with Crippen molar-refractivity contribution < 1.29 is 4.74 Å². The Morgan fingerprint density at radius 2 is 1.48 bits per heavy atom. The van der Waals surface area contributed by atoms with Crippen LogP contribution in [-0.4, -0.2) is 19.3 Å². The average Bonchev–Trinajstić information content (AvgIpc) is 3.59. The van der Waals surface area contributed by atoms with Crippen LogP contribution in [-0.2, 0) is 5.41 Å². The maximum absolute atomic E-state index is 6.87. The van der Waals surface area contributed by atoms with Crippen LogP contribution in [0.3, 0.4) is 0 Å². The maximum Gasteiger partial charge on any atom is 0.137 e. The predicted molar refractivity (Wildman–Crippen MR) is 227 cm³/mol. The van der Waals surface area contributed by atoms with Gasteiger partial charge in [0.15, 0.2) is 0 Å². The second kappa shape index (κ2) is 13.6. The molecule has 0 radical (unpaired) electrons. The third kappa shape index (κ3) is 6.91. The van der Waals surface area contributed by atoms with Crippen molar-refractivity contribution in [3.8, 4) is 23.0 Å². The fraction of sp³-hybridized carbons (Fsp3) is 0.429. The quantitative estimate of drug-likeness (QED) is 0.161. The van der Waals surface area contributed by atoms with E-state index >= 15 is 0 Å². The highest BCUT2D eigenvalue weighted by Gasteiger charge is 2.42. The summed E-state index contributed by atoms with van der Waals surface area (Å²) in [5, 5.41) is 7.69. The first-order valence-electron chi connectivity index (χ1n) is 19.9. The maximum atomic E-state index is 6.87. The number of aromatic nitrogens is 4. The molecular formula is C49H60N4O. The number of benzene rings is 3. The zero-order valence-electron chi connectivity index (χ0n) is 34.9. The third-order valence-corrected chi connectivity index (χ3v) is 11.8. The normalized spacial score (nSPS) is 17.1. The largest absolute Gasteiger partial charge is 0.457 e. The summed E-state index contributed by atoms with van der Waals surface area (Å²) in [4.78, 5) is 4.86. The molecule has 0 bridgehead atoms. The fourth-order valence-electron chi connectivity index (χ4n) is 8.86. The number of allylic oxidation sites excluding steroid dienone is 2. The number of para-hydroxylation sites is 1. The number of fused-ring (bicyclic) bond motifs is 3. The summed E-state index contributed by atoms with van der Waals surface area (Å²) in [5.41, 5.74) is 11.1. The lowest BCUT2D eigenvalue weighted by atomic mass is 9.59. The van der Waals surface area contributed by atoms with Gasteiger partial charge in [-0.3, -0.25) is 4.57 Å². The highest BCUT2D eigenvalue weighted by atomic mass is 16.5. The smallest absolute Gasteiger partial charge is 0.137 e. The molecule has 0 N–H and O–H groups in total. The zero-order chi connectivity index (χ0) is 38.9. The van der Waals surface area contributed by atoms with Gasteiger partial charge in [-0.25, -0.2) is 9.67 Å². The van der Waals surface area contributed by atoms with E-state index in [0.717, 1.165) is 46.2 Å². The van der Waals surface area contributed by atoms with Crippen LogP contribution < -0.4 is 4.74 Å². The molecule has 1 unspecified atom stereocenters. The molecule has 282 valence electrons. The van der Waals surface area contributed by atoms with E-state index in [1.54, 1.807) is 5.57 Å². The highest BCUT2D eigenvalue weighted by molar-refractivity contribution is 6.09. The Balaban J connectivity index is 1.35. The minimum atomic E-state index is -0.0978.